The number of aromatic nitrogens is 2. The molecule has 0 aliphatic carbocycles. The maximum Gasteiger partial charge on any atom is 0.133 e. The first kappa shape index (κ1) is 8.39. The molecule has 0 spiro atoms. The van der Waals surface area contributed by atoms with E-state index in [0.29, 0.717) is 5.56 Å². The lowest BCUT2D eigenvalue weighted by atomic mass is 10.2. The summed E-state index contributed by atoms with van der Waals surface area (Å²) in [6, 6.07) is 5.14. The number of nitrogens with zero attached hydrogens (tertiary/aromatic N) is 2. The van der Waals surface area contributed by atoms with Gasteiger partial charge in [-0.15, -0.1) is 6.42 Å². The summed E-state index contributed by atoms with van der Waals surface area (Å²) in [6.45, 7) is 0. The van der Waals surface area contributed by atoms with E-state index in [0.717, 1.165) is 5.69 Å². The van der Waals surface area contributed by atoms with Gasteiger partial charge in [-0.1, -0.05) is 5.92 Å². The van der Waals surface area contributed by atoms with E-state index < -0.39 is 0 Å². The van der Waals surface area contributed by atoms with Crippen LogP contribution in [0.4, 0.5) is 0 Å². The molecule has 1 aromatic heterocycles. The zero-order valence-corrected chi connectivity index (χ0v) is 7.38. The Bertz CT molecular complexity index is 480. The summed E-state index contributed by atoms with van der Waals surface area (Å²) < 4.78 is 1.79. The molecule has 2 rings (SSSR count). The first-order valence-electron chi connectivity index (χ1n) is 4.09. The fraction of sp³-hybridized carbons (Fsp3) is 0. The van der Waals surface area contributed by atoms with Crippen LogP contribution in [0.2, 0.25) is 0 Å². The minimum Gasteiger partial charge on any atom is -0.507 e. The number of terminal acetylenes is 1. The van der Waals surface area contributed by atoms with Crippen molar-refractivity contribution in [1.29, 1.82) is 0 Å². The summed E-state index contributed by atoms with van der Waals surface area (Å²) in [5.41, 5.74) is 1.33. The molecular weight excluding hydrogens is 176 g/mol. The molecule has 0 saturated carbocycles. The van der Waals surface area contributed by atoms with Crippen molar-refractivity contribution in [2.75, 3.05) is 0 Å². The molecule has 0 amide bonds. The van der Waals surface area contributed by atoms with Gasteiger partial charge in [0.15, 0.2) is 0 Å². The van der Waals surface area contributed by atoms with Gasteiger partial charge in [-0.05, 0) is 12.1 Å². The summed E-state index contributed by atoms with van der Waals surface area (Å²) in [7, 11) is 0. The highest BCUT2D eigenvalue weighted by Crippen LogP contribution is 2.19. The zero-order valence-electron chi connectivity index (χ0n) is 7.38. The van der Waals surface area contributed by atoms with Gasteiger partial charge in [0.25, 0.3) is 0 Å². The van der Waals surface area contributed by atoms with Crippen LogP contribution < -0.4 is 0 Å². The van der Waals surface area contributed by atoms with Crippen LogP contribution in [0.5, 0.6) is 5.75 Å². The molecule has 0 fully saturated rings. The minimum absolute atomic E-state index is 0.110. The molecule has 1 N–H and O–H groups in total. The van der Waals surface area contributed by atoms with E-state index in [1.807, 2.05) is 6.07 Å². The zero-order chi connectivity index (χ0) is 9.97. The second kappa shape index (κ2) is 3.27. The van der Waals surface area contributed by atoms with Gasteiger partial charge in [-0.25, -0.2) is 4.98 Å². The smallest absolute Gasteiger partial charge is 0.133 e. The molecule has 0 radical (unpaired) electrons. The van der Waals surface area contributed by atoms with Gasteiger partial charge < -0.3 is 9.67 Å². The standard InChI is InChI=1S/C11H8N2O/c1-2-9-3-4-10(7-11(9)14)13-6-5-12-8-13/h1,3-8,14H. The van der Waals surface area contributed by atoms with E-state index in [-0.39, 0.29) is 5.75 Å². The van der Waals surface area contributed by atoms with Gasteiger partial charge in [-0.3, -0.25) is 0 Å². The van der Waals surface area contributed by atoms with Crippen molar-refractivity contribution < 1.29 is 5.11 Å². The van der Waals surface area contributed by atoms with Gasteiger partial charge in [0.1, 0.15) is 5.75 Å². The maximum absolute atomic E-state index is 9.51. The minimum atomic E-state index is 0.110. The first-order valence-corrected chi connectivity index (χ1v) is 4.09. The largest absolute Gasteiger partial charge is 0.507 e. The third-order valence-electron chi connectivity index (χ3n) is 1.94. The van der Waals surface area contributed by atoms with Crippen LogP contribution in [0.15, 0.2) is 36.9 Å². The molecule has 0 saturated heterocycles. The highest BCUT2D eigenvalue weighted by atomic mass is 16.3. The Labute approximate surface area is 81.7 Å². The summed E-state index contributed by atoms with van der Waals surface area (Å²) >= 11 is 0. The van der Waals surface area contributed by atoms with Crippen LogP contribution in [0, 0.1) is 12.3 Å². The highest BCUT2D eigenvalue weighted by molar-refractivity contribution is 5.50. The number of hydrogen-bond acceptors (Lipinski definition) is 2. The average molecular weight is 184 g/mol. The van der Waals surface area contributed by atoms with Crippen LogP contribution in [-0.4, -0.2) is 14.7 Å². The van der Waals surface area contributed by atoms with Gasteiger partial charge in [-0.2, -0.15) is 0 Å². The summed E-state index contributed by atoms with van der Waals surface area (Å²) in [5, 5.41) is 9.51. The average Bonchev–Trinajstić information content (AvgIpc) is 2.70. The lowest BCUT2D eigenvalue weighted by Crippen LogP contribution is -1.89. The number of imidazole rings is 1. The number of phenolic OH excluding ortho intramolecular Hbond substituents is 1. The van der Waals surface area contributed by atoms with Crippen molar-refractivity contribution >= 4 is 0 Å². The Balaban J connectivity index is 2.49. The van der Waals surface area contributed by atoms with Crippen molar-refractivity contribution in [2.45, 2.75) is 0 Å². The molecule has 68 valence electrons. The van der Waals surface area contributed by atoms with Crippen molar-refractivity contribution in [3.63, 3.8) is 0 Å². The van der Waals surface area contributed by atoms with Gasteiger partial charge in [0.05, 0.1) is 17.6 Å². The summed E-state index contributed by atoms with van der Waals surface area (Å²) in [4.78, 5) is 3.91. The predicted molar refractivity (Wildman–Crippen MR) is 53.2 cm³/mol. The number of aromatic hydroxyl groups is 1. The molecule has 0 bridgehead atoms. The molecule has 2 aromatic rings. The lowest BCUT2D eigenvalue weighted by Gasteiger charge is -2.03. The van der Waals surface area contributed by atoms with E-state index in [1.54, 1.807) is 35.4 Å². The molecular formula is C11H8N2O. The van der Waals surface area contributed by atoms with Crippen molar-refractivity contribution in [2.24, 2.45) is 0 Å². The van der Waals surface area contributed by atoms with Crippen LogP contribution in [0.3, 0.4) is 0 Å². The first-order chi connectivity index (χ1) is 6.81. The quantitative estimate of drug-likeness (QED) is 0.683. The fourth-order valence-corrected chi connectivity index (χ4v) is 1.21. The third kappa shape index (κ3) is 1.34. The number of rotatable bonds is 1. The Kier molecular flexibility index (Phi) is 1.96. The van der Waals surface area contributed by atoms with Crippen LogP contribution in [-0.2, 0) is 0 Å². The molecule has 0 unspecified atom stereocenters. The number of hydrogen-bond donors (Lipinski definition) is 1. The van der Waals surface area contributed by atoms with E-state index in [4.69, 9.17) is 6.42 Å². The van der Waals surface area contributed by atoms with Crippen LogP contribution in [0.25, 0.3) is 5.69 Å². The maximum atomic E-state index is 9.51. The predicted octanol–water partition coefficient (Wildman–Crippen LogP) is 1.56. The SMILES string of the molecule is C#Cc1ccc(-n2ccnc2)cc1O. The molecule has 0 aliphatic heterocycles. The Morgan fingerprint density at radius 3 is 2.86 bits per heavy atom. The Morgan fingerprint density at radius 1 is 1.43 bits per heavy atom. The Hall–Kier alpha value is -2.21. The van der Waals surface area contributed by atoms with Crippen molar-refractivity contribution in [3.8, 4) is 23.8 Å². The Morgan fingerprint density at radius 2 is 2.29 bits per heavy atom. The van der Waals surface area contributed by atoms with Gasteiger partial charge in [0.2, 0.25) is 0 Å². The second-order valence-corrected chi connectivity index (χ2v) is 2.82. The molecule has 1 aromatic carbocycles. The van der Waals surface area contributed by atoms with E-state index >= 15 is 0 Å². The normalized spacial score (nSPS) is 9.64. The highest BCUT2D eigenvalue weighted by Gasteiger charge is 2.00. The lowest BCUT2D eigenvalue weighted by molar-refractivity contribution is 0.473. The molecule has 3 heteroatoms. The molecule has 0 atom stereocenters. The molecule has 0 aliphatic rings. The molecule has 14 heavy (non-hydrogen) atoms. The number of phenols is 1. The molecule has 1 heterocycles. The molecule has 3 nitrogen and oxygen atoms in total. The fourth-order valence-electron chi connectivity index (χ4n) is 1.21. The topological polar surface area (TPSA) is 38.0 Å². The van der Waals surface area contributed by atoms with Crippen molar-refractivity contribution in [1.82, 2.24) is 9.55 Å². The summed E-state index contributed by atoms with van der Waals surface area (Å²) in [6.07, 6.45) is 10.3. The van der Waals surface area contributed by atoms with E-state index in [2.05, 4.69) is 10.9 Å². The number of benzene rings is 1. The van der Waals surface area contributed by atoms with Crippen LogP contribution in [0.1, 0.15) is 5.56 Å². The van der Waals surface area contributed by atoms with E-state index in [1.165, 1.54) is 0 Å². The third-order valence-corrected chi connectivity index (χ3v) is 1.94. The summed E-state index contributed by atoms with van der Waals surface area (Å²) in [5.74, 6) is 2.50. The van der Waals surface area contributed by atoms with Gasteiger partial charge >= 0.3 is 0 Å². The van der Waals surface area contributed by atoms with Crippen molar-refractivity contribution in [3.05, 3.63) is 42.5 Å². The van der Waals surface area contributed by atoms with E-state index in [9.17, 15) is 5.11 Å². The second-order valence-electron chi connectivity index (χ2n) is 2.82. The monoisotopic (exact) mass is 184 g/mol. The van der Waals surface area contributed by atoms with Gasteiger partial charge in [0, 0.05) is 18.5 Å². The van der Waals surface area contributed by atoms with Crippen LogP contribution >= 0.6 is 0 Å².